The first-order valence-corrected chi connectivity index (χ1v) is 7.53. The molecule has 0 radical (unpaired) electrons. The highest BCUT2D eigenvalue weighted by Gasteiger charge is 2.23. The smallest absolute Gasteiger partial charge is 0.252 e. The zero-order chi connectivity index (χ0) is 15.9. The van der Waals surface area contributed by atoms with Gasteiger partial charge in [0, 0.05) is 16.7 Å². The van der Waals surface area contributed by atoms with Crippen LogP contribution in [0.3, 0.4) is 0 Å². The van der Waals surface area contributed by atoms with Gasteiger partial charge in [-0.05, 0) is 29.8 Å². The van der Waals surface area contributed by atoms with Crippen LogP contribution < -0.4 is 0 Å². The third-order valence-electron chi connectivity index (χ3n) is 2.67. The average Bonchev–Trinajstić information content (AvgIpc) is 2.45. The van der Waals surface area contributed by atoms with Crippen LogP contribution in [0.5, 0.6) is 0 Å². The topological polar surface area (TPSA) is 17.1 Å². The Balaban J connectivity index is 2.85. The van der Waals surface area contributed by atoms with Crippen molar-refractivity contribution < 1.29 is 9.18 Å². The number of hydrogen-bond acceptors (Lipinski definition) is 1. The summed E-state index contributed by atoms with van der Waals surface area (Å²) < 4.78 is 14.1. The third kappa shape index (κ3) is 3.12. The maximum absolute atomic E-state index is 14.1. The first-order valence-electron chi connectivity index (χ1n) is 5.27. The monoisotopic (exact) mass is 404 g/mol. The Bertz CT molecular complexity index is 730. The van der Waals surface area contributed by atoms with E-state index in [4.69, 9.17) is 69.6 Å². The summed E-state index contributed by atoms with van der Waals surface area (Å²) in [5, 5.41) is -1.07. The van der Waals surface area contributed by atoms with Crippen LogP contribution in [-0.2, 0) is 0 Å². The van der Waals surface area contributed by atoms with Crippen molar-refractivity contribution in [1.82, 2.24) is 0 Å². The van der Waals surface area contributed by atoms with Crippen LogP contribution in [0.25, 0.3) is 11.1 Å². The number of carbonyl (C=O) groups excluding carboxylic acids is 1. The van der Waals surface area contributed by atoms with Gasteiger partial charge in [-0.2, -0.15) is 0 Å². The van der Waals surface area contributed by atoms with E-state index in [0.29, 0.717) is 0 Å². The first kappa shape index (κ1) is 17.1. The predicted molar refractivity (Wildman–Crippen MR) is 87.1 cm³/mol. The third-order valence-corrected chi connectivity index (χ3v) is 5.17. The van der Waals surface area contributed by atoms with Crippen LogP contribution in [0.1, 0.15) is 10.4 Å². The number of benzene rings is 2. The molecule has 0 atom stereocenters. The van der Waals surface area contributed by atoms with Gasteiger partial charge in [-0.1, -0.05) is 58.0 Å². The van der Waals surface area contributed by atoms with Gasteiger partial charge in [0.15, 0.2) is 0 Å². The fourth-order valence-corrected chi connectivity index (χ4v) is 3.14. The molecule has 0 N–H and O–H groups in total. The van der Waals surface area contributed by atoms with Gasteiger partial charge in [-0.25, -0.2) is 4.39 Å². The lowest BCUT2D eigenvalue weighted by Gasteiger charge is -2.13. The molecule has 2 rings (SSSR count). The summed E-state index contributed by atoms with van der Waals surface area (Å²) in [7, 11) is 0. The summed E-state index contributed by atoms with van der Waals surface area (Å²) in [6.07, 6.45) is 0. The summed E-state index contributed by atoms with van der Waals surface area (Å²) in [4.78, 5) is 11.2. The molecule has 0 saturated heterocycles. The van der Waals surface area contributed by atoms with Gasteiger partial charge in [0.2, 0.25) is 0 Å². The lowest BCUT2D eigenvalue weighted by Crippen LogP contribution is -1.95. The summed E-state index contributed by atoms with van der Waals surface area (Å²) in [5.41, 5.74) is 0.0503. The average molecular weight is 407 g/mol. The molecule has 0 aliphatic rings. The number of hydrogen-bond donors (Lipinski definition) is 0. The largest absolute Gasteiger partial charge is 0.276 e. The van der Waals surface area contributed by atoms with Gasteiger partial charge in [0.25, 0.3) is 5.24 Å². The fourth-order valence-electron chi connectivity index (χ4n) is 1.68. The van der Waals surface area contributed by atoms with Crippen molar-refractivity contribution in [3.8, 4) is 11.1 Å². The van der Waals surface area contributed by atoms with E-state index in [1.807, 2.05) is 0 Å². The van der Waals surface area contributed by atoms with Crippen LogP contribution >= 0.6 is 69.6 Å². The van der Waals surface area contributed by atoms with Gasteiger partial charge < -0.3 is 0 Å². The van der Waals surface area contributed by atoms with Crippen molar-refractivity contribution in [2.75, 3.05) is 0 Å². The molecule has 0 aromatic heterocycles. The van der Waals surface area contributed by atoms with E-state index in [9.17, 15) is 9.18 Å². The number of carbonyl (C=O) groups is 1. The highest BCUT2D eigenvalue weighted by atomic mass is 35.5. The van der Waals surface area contributed by atoms with Crippen molar-refractivity contribution in [3.63, 3.8) is 0 Å². The molecule has 0 bridgehead atoms. The van der Waals surface area contributed by atoms with Crippen molar-refractivity contribution in [1.29, 1.82) is 0 Å². The minimum Gasteiger partial charge on any atom is -0.276 e. The molecule has 0 aliphatic carbocycles. The standard InChI is InChI=1S/C13H3Cl6FO/c14-8-7(9(15)11(17)12(18)10(8)16)5-3-4(13(19)21)1-2-6(5)20/h1-3H. The minimum absolute atomic E-state index is 0.0370. The van der Waals surface area contributed by atoms with E-state index in [1.165, 1.54) is 12.1 Å². The fraction of sp³-hybridized carbons (Fsp3) is 0. The number of rotatable bonds is 2. The van der Waals surface area contributed by atoms with Crippen molar-refractivity contribution in [2.45, 2.75) is 0 Å². The maximum Gasteiger partial charge on any atom is 0.252 e. The predicted octanol–water partition coefficient (Wildman–Crippen LogP) is 7.14. The van der Waals surface area contributed by atoms with E-state index in [-0.39, 0.29) is 41.8 Å². The summed E-state index contributed by atoms with van der Waals surface area (Å²) in [5.74, 6) is -0.671. The summed E-state index contributed by atoms with van der Waals surface area (Å²) in [6.45, 7) is 0. The van der Waals surface area contributed by atoms with Gasteiger partial charge in [-0.3, -0.25) is 4.79 Å². The second kappa shape index (κ2) is 6.49. The highest BCUT2D eigenvalue weighted by molar-refractivity contribution is 6.67. The van der Waals surface area contributed by atoms with Gasteiger partial charge in [-0.15, -0.1) is 0 Å². The van der Waals surface area contributed by atoms with E-state index < -0.39 is 11.1 Å². The van der Waals surface area contributed by atoms with E-state index in [2.05, 4.69) is 0 Å². The lowest BCUT2D eigenvalue weighted by atomic mass is 10.0. The molecule has 8 heteroatoms. The normalized spacial score (nSPS) is 10.8. The molecule has 110 valence electrons. The molecule has 0 fully saturated rings. The molecular formula is C13H3Cl6FO. The van der Waals surface area contributed by atoms with Crippen LogP contribution in [0.2, 0.25) is 25.1 Å². The zero-order valence-electron chi connectivity index (χ0n) is 9.79. The van der Waals surface area contributed by atoms with E-state index in [1.54, 1.807) is 0 Å². The van der Waals surface area contributed by atoms with Crippen molar-refractivity contribution in [3.05, 3.63) is 54.7 Å². The molecule has 2 aromatic carbocycles. The summed E-state index contributed by atoms with van der Waals surface area (Å²) in [6, 6.07) is 3.50. The molecule has 0 spiro atoms. The van der Waals surface area contributed by atoms with E-state index in [0.717, 1.165) is 6.07 Å². The van der Waals surface area contributed by atoms with Crippen molar-refractivity contribution >= 4 is 74.8 Å². The Morgan fingerprint density at radius 3 is 1.81 bits per heavy atom. The molecule has 1 nitrogen and oxygen atoms in total. The molecule has 0 amide bonds. The maximum atomic E-state index is 14.1. The zero-order valence-corrected chi connectivity index (χ0v) is 14.3. The summed E-state index contributed by atoms with van der Waals surface area (Å²) >= 11 is 35.3. The van der Waals surface area contributed by atoms with Crippen molar-refractivity contribution in [2.24, 2.45) is 0 Å². The highest BCUT2D eigenvalue weighted by Crippen LogP contribution is 2.48. The molecule has 21 heavy (non-hydrogen) atoms. The quantitative estimate of drug-likeness (QED) is 0.294. The van der Waals surface area contributed by atoms with Gasteiger partial charge >= 0.3 is 0 Å². The molecule has 0 heterocycles. The molecule has 0 saturated carbocycles. The molecule has 2 aromatic rings. The van der Waals surface area contributed by atoms with Gasteiger partial charge in [0.1, 0.15) is 5.82 Å². The Morgan fingerprint density at radius 2 is 1.33 bits per heavy atom. The van der Waals surface area contributed by atoms with Crippen LogP contribution in [0.15, 0.2) is 18.2 Å². The van der Waals surface area contributed by atoms with Gasteiger partial charge in [0.05, 0.1) is 25.1 Å². The Kier molecular flexibility index (Phi) is 5.30. The van der Waals surface area contributed by atoms with Crippen LogP contribution in [0, 0.1) is 5.82 Å². The minimum atomic E-state index is -0.755. The first-order chi connectivity index (χ1) is 9.75. The molecule has 0 aliphatic heterocycles. The Labute approximate surface area is 149 Å². The Morgan fingerprint density at radius 1 is 0.857 bits per heavy atom. The van der Waals surface area contributed by atoms with Crippen LogP contribution in [-0.4, -0.2) is 5.24 Å². The second-order valence-electron chi connectivity index (χ2n) is 3.91. The van der Waals surface area contributed by atoms with E-state index >= 15 is 0 Å². The molecule has 0 unspecified atom stereocenters. The molecular weight excluding hydrogens is 404 g/mol. The second-order valence-corrected chi connectivity index (χ2v) is 6.15. The lowest BCUT2D eigenvalue weighted by molar-refractivity contribution is 0.108. The Hall–Kier alpha value is -0.220. The SMILES string of the molecule is O=C(Cl)c1ccc(F)c(-c2c(Cl)c(Cl)c(Cl)c(Cl)c2Cl)c1. The van der Waals surface area contributed by atoms with Crippen LogP contribution in [0.4, 0.5) is 4.39 Å². The number of halogens is 7.